The largest absolute Gasteiger partial charge is 0.301 e. The molecule has 3 aliphatic heterocycles. The van der Waals surface area contributed by atoms with Crippen molar-refractivity contribution in [2.45, 2.75) is 58.2 Å². The third kappa shape index (κ3) is 2.61. The molecule has 2 bridgehead atoms. The SMILES string of the molecule is CCN1CC2CC(C1)N2Cc1ccc(C(C)(C)C)nc1. The molecule has 0 spiro atoms. The number of rotatable bonds is 3. The van der Waals surface area contributed by atoms with Gasteiger partial charge in [0.25, 0.3) is 0 Å². The number of hydrogen-bond acceptors (Lipinski definition) is 3. The van der Waals surface area contributed by atoms with Crippen molar-refractivity contribution in [2.75, 3.05) is 19.6 Å². The minimum absolute atomic E-state index is 0.146. The van der Waals surface area contributed by atoms with Gasteiger partial charge in [-0.05, 0) is 24.6 Å². The summed E-state index contributed by atoms with van der Waals surface area (Å²) in [5, 5.41) is 0. The Balaban J connectivity index is 1.62. The van der Waals surface area contributed by atoms with Crippen molar-refractivity contribution in [1.82, 2.24) is 14.8 Å². The highest BCUT2D eigenvalue weighted by molar-refractivity contribution is 5.20. The molecule has 0 aliphatic carbocycles. The van der Waals surface area contributed by atoms with E-state index in [1.54, 1.807) is 0 Å². The van der Waals surface area contributed by atoms with Crippen molar-refractivity contribution in [3.63, 3.8) is 0 Å². The molecule has 4 heterocycles. The maximum atomic E-state index is 4.65. The fourth-order valence-corrected chi connectivity index (χ4v) is 3.46. The maximum absolute atomic E-state index is 4.65. The van der Waals surface area contributed by atoms with Gasteiger partial charge < -0.3 is 4.90 Å². The third-order valence-electron chi connectivity index (χ3n) is 4.83. The number of piperazine rings is 1. The molecule has 0 amide bonds. The Hall–Kier alpha value is -0.930. The lowest BCUT2D eigenvalue weighted by atomic mass is 9.86. The van der Waals surface area contributed by atoms with Gasteiger partial charge in [-0.2, -0.15) is 0 Å². The summed E-state index contributed by atoms with van der Waals surface area (Å²) in [6.07, 6.45) is 3.47. The van der Waals surface area contributed by atoms with Crippen LogP contribution >= 0.6 is 0 Å². The van der Waals surface area contributed by atoms with Crippen LogP contribution in [0.15, 0.2) is 18.3 Å². The van der Waals surface area contributed by atoms with E-state index in [0.717, 1.165) is 18.6 Å². The molecule has 20 heavy (non-hydrogen) atoms. The number of pyridine rings is 1. The summed E-state index contributed by atoms with van der Waals surface area (Å²) in [4.78, 5) is 9.90. The lowest BCUT2D eigenvalue weighted by molar-refractivity contribution is -0.0732. The number of aromatic nitrogens is 1. The van der Waals surface area contributed by atoms with Gasteiger partial charge in [-0.3, -0.25) is 9.88 Å². The van der Waals surface area contributed by atoms with Gasteiger partial charge >= 0.3 is 0 Å². The molecule has 3 fully saturated rings. The first-order chi connectivity index (χ1) is 9.47. The van der Waals surface area contributed by atoms with Crippen molar-refractivity contribution in [1.29, 1.82) is 0 Å². The molecule has 0 aromatic carbocycles. The van der Waals surface area contributed by atoms with Crippen LogP contribution in [0, 0.1) is 0 Å². The van der Waals surface area contributed by atoms with Crippen LogP contribution in [0.2, 0.25) is 0 Å². The summed E-state index contributed by atoms with van der Waals surface area (Å²) in [6.45, 7) is 13.7. The topological polar surface area (TPSA) is 19.4 Å². The van der Waals surface area contributed by atoms with Gasteiger partial charge in [0.15, 0.2) is 0 Å². The number of nitrogens with zero attached hydrogens (tertiary/aromatic N) is 3. The van der Waals surface area contributed by atoms with E-state index in [0.29, 0.717) is 0 Å². The lowest BCUT2D eigenvalue weighted by Crippen LogP contribution is -2.67. The molecular formula is C17H27N3. The average Bonchev–Trinajstić information content (AvgIpc) is 2.44. The van der Waals surface area contributed by atoms with Crippen LogP contribution in [0.3, 0.4) is 0 Å². The summed E-state index contributed by atoms with van der Waals surface area (Å²) in [6, 6.07) is 6.01. The van der Waals surface area contributed by atoms with Crippen LogP contribution in [0.1, 0.15) is 45.4 Å². The molecule has 4 rings (SSSR count). The fourth-order valence-electron chi connectivity index (χ4n) is 3.46. The lowest BCUT2D eigenvalue weighted by Gasteiger charge is -2.56. The predicted octanol–water partition coefficient (Wildman–Crippen LogP) is 2.66. The zero-order valence-electron chi connectivity index (χ0n) is 13.3. The quantitative estimate of drug-likeness (QED) is 0.844. The average molecular weight is 273 g/mol. The molecular weight excluding hydrogens is 246 g/mol. The zero-order chi connectivity index (χ0) is 14.3. The van der Waals surface area contributed by atoms with Gasteiger partial charge in [-0.25, -0.2) is 0 Å². The van der Waals surface area contributed by atoms with E-state index >= 15 is 0 Å². The fraction of sp³-hybridized carbons (Fsp3) is 0.706. The predicted molar refractivity (Wildman–Crippen MR) is 82.8 cm³/mol. The van der Waals surface area contributed by atoms with Crippen LogP contribution in [-0.4, -0.2) is 46.5 Å². The van der Waals surface area contributed by atoms with Crippen LogP contribution in [-0.2, 0) is 12.0 Å². The molecule has 3 nitrogen and oxygen atoms in total. The van der Waals surface area contributed by atoms with Crippen LogP contribution in [0.25, 0.3) is 0 Å². The minimum atomic E-state index is 0.146. The highest BCUT2D eigenvalue weighted by atomic mass is 15.4. The number of fused-ring (bicyclic) bond motifs is 2. The van der Waals surface area contributed by atoms with E-state index < -0.39 is 0 Å². The second kappa shape index (κ2) is 5.12. The van der Waals surface area contributed by atoms with E-state index in [1.807, 2.05) is 0 Å². The van der Waals surface area contributed by atoms with Gasteiger partial charge in [-0.1, -0.05) is 33.8 Å². The van der Waals surface area contributed by atoms with Crippen molar-refractivity contribution in [2.24, 2.45) is 0 Å². The maximum Gasteiger partial charge on any atom is 0.0457 e. The molecule has 3 heteroatoms. The third-order valence-corrected chi connectivity index (χ3v) is 4.83. The second-order valence-electron chi connectivity index (χ2n) is 7.37. The standard InChI is InChI=1S/C17H27N3/c1-5-19-11-14-8-15(12-19)20(14)10-13-6-7-16(18-9-13)17(2,3)4/h6-7,9,14-15H,5,8,10-12H2,1-4H3. The van der Waals surface area contributed by atoms with Crippen LogP contribution in [0.5, 0.6) is 0 Å². The van der Waals surface area contributed by atoms with E-state index in [4.69, 9.17) is 0 Å². The Labute approximate surface area is 123 Å². The summed E-state index contributed by atoms with van der Waals surface area (Å²) in [5.41, 5.74) is 2.69. The minimum Gasteiger partial charge on any atom is -0.301 e. The number of piperidine rings is 1. The van der Waals surface area contributed by atoms with Gasteiger partial charge in [0.2, 0.25) is 0 Å². The summed E-state index contributed by atoms with van der Waals surface area (Å²) < 4.78 is 0. The summed E-state index contributed by atoms with van der Waals surface area (Å²) in [7, 11) is 0. The highest BCUT2D eigenvalue weighted by Crippen LogP contribution is 2.33. The molecule has 0 saturated carbocycles. The molecule has 1 aromatic rings. The van der Waals surface area contributed by atoms with Crippen molar-refractivity contribution in [3.05, 3.63) is 29.6 Å². The first kappa shape index (κ1) is 14.0. The number of likely N-dealkylation sites (N-methyl/N-ethyl adjacent to an activating group) is 1. The molecule has 110 valence electrons. The van der Waals surface area contributed by atoms with Crippen molar-refractivity contribution < 1.29 is 0 Å². The molecule has 3 saturated heterocycles. The molecule has 3 aliphatic rings. The molecule has 0 N–H and O–H groups in total. The van der Waals surface area contributed by atoms with Crippen LogP contribution < -0.4 is 0 Å². The van der Waals surface area contributed by atoms with E-state index in [1.165, 1.54) is 37.3 Å². The van der Waals surface area contributed by atoms with E-state index in [9.17, 15) is 0 Å². The molecule has 1 aromatic heterocycles. The monoisotopic (exact) mass is 273 g/mol. The first-order valence-electron chi connectivity index (χ1n) is 7.91. The smallest absolute Gasteiger partial charge is 0.0457 e. The Bertz CT molecular complexity index is 448. The second-order valence-corrected chi connectivity index (χ2v) is 7.37. The van der Waals surface area contributed by atoms with Gasteiger partial charge in [-0.15, -0.1) is 0 Å². The molecule has 0 radical (unpaired) electrons. The zero-order valence-corrected chi connectivity index (χ0v) is 13.3. The molecule has 2 atom stereocenters. The van der Waals surface area contributed by atoms with E-state index in [2.05, 4.69) is 60.8 Å². The normalized spacial score (nSPS) is 27.4. The van der Waals surface area contributed by atoms with Crippen LogP contribution in [0.4, 0.5) is 0 Å². The first-order valence-corrected chi connectivity index (χ1v) is 7.91. The van der Waals surface area contributed by atoms with E-state index in [-0.39, 0.29) is 5.41 Å². The Morgan fingerprint density at radius 3 is 2.40 bits per heavy atom. The Kier molecular flexibility index (Phi) is 3.59. The number of hydrogen-bond donors (Lipinski definition) is 0. The van der Waals surface area contributed by atoms with Gasteiger partial charge in [0.1, 0.15) is 0 Å². The Morgan fingerprint density at radius 1 is 1.20 bits per heavy atom. The van der Waals surface area contributed by atoms with Gasteiger partial charge in [0, 0.05) is 49.0 Å². The Morgan fingerprint density at radius 2 is 1.90 bits per heavy atom. The molecule has 2 unspecified atom stereocenters. The van der Waals surface area contributed by atoms with Crippen molar-refractivity contribution >= 4 is 0 Å². The highest BCUT2D eigenvalue weighted by Gasteiger charge is 2.43. The van der Waals surface area contributed by atoms with Gasteiger partial charge in [0.05, 0.1) is 0 Å². The van der Waals surface area contributed by atoms with Crippen molar-refractivity contribution in [3.8, 4) is 0 Å². The summed E-state index contributed by atoms with van der Waals surface area (Å²) >= 11 is 0. The summed E-state index contributed by atoms with van der Waals surface area (Å²) in [5.74, 6) is 0.